The molecule has 8 heteroatoms. The van der Waals surface area contributed by atoms with E-state index in [0.29, 0.717) is 11.5 Å². The molecule has 7 nitrogen and oxygen atoms in total. The van der Waals surface area contributed by atoms with Crippen LogP contribution in [0.1, 0.15) is 12.0 Å². The number of sulfonamides is 1. The first-order valence-electron chi connectivity index (χ1n) is 6.94. The van der Waals surface area contributed by atoms with Crippen molar-refractivity contribution in [2.24, 2.45) is 5.16 Å². The summed E-state index contributed by atoms with van der Waals surface area (Å²) in [4.78, 5) is 0. The SMILES string of the molecule is COc1ccc(CN2C3(COC3)/C(=N/O)CCS2(=O)=O)cc1. The van der Waals surface area contributed by atoms with Gasteiger partial charge in [-0.05, 0) is 17.7 Å². The van der Waals surface area contributed by atoms with E-state index in [4.69, 9.17) is 9.47 Å². The Morgan fingerprint density at radius 2 is 2.05 bits per heavy atom. The summed E-state index contributed by atoms with van der Waals surface area (Å²) in [5, 5.41) is 12.5. The molecule has 0 unspecified atom stereocenters. The maximum absolute atomic E-state index is 12.5. The first kappa shape index (κ1) is 15.3. The maximum atomic E-state index is 12.5. The number of hydrogen-bond donors (Lipinski definition) is 1. The lowest BCUT2D eigenvalue weighted by molar-refractivity contribution is -0.0773. The fourth-order valence-electron chi connectivity index (χ4n) is 2.87. The van der Waals surface area contributed by atoms with Gasteiger partial charge in [0, 0.05) is 13.0 Å². The first-order chi connectivity index (χ1) is 10.5. The molecule has 2 aliphatic rings. The van der Waals surface area contributed by atoms with E-state index in [-0.39, 0.29) is 31.9 Å². The van der Waals surface area contributed by atoms with Crippen LogP contribution in [0.15, 0.2) is 29.4 Å². The molecule has 2 saturated heterocycles. The topological polar surface area (TPSA) is 88.4 Å². The molecule has 2 heterocycles. The van der Waals surface area contributed by atoms with Crippen molar-refractivity contribution in [3.8, 4) is 5.75 Å². The number of benzene rings is 1. The summed E-state index contributed by atoms with van der Waals surface area (Å²) in [7, 11) is -1.84. The molecule has 0 aromatic heterocycles. The molecule has 1 aromatic rings. The molecule has 1 spiro atoms. The van der Waals surface area contributed by atoms with E-state index in [9.17, 15) is 13.6 Å². The minimum atomic E-state index is -3.42. The van der Waals surface area contributed by atoms with E-state index in [1.54, 1.807) is 19.2 Å². The fraction of sp³-hybridized carbons (Fsp3) is 0.500. The van der Waals surface area contributed by atoms with Crippen LogP contribution in [-0.2, 0) is 21.3 Å². The van der Waals surface area contributed by atoms with Gasteiger partial charge in [-0.1, -0.05) is 17.3 Å². The minimum absolute atomic E-state index is 0.0513. The highest BCUT2D eigenvalue weighted by atomic mass is 32.2. The molecule has 1 aromatic carbocycles. The summed E-state index contributed by atoms with van der Waals surface area (Å²) < 4.78 is 36.7. The van der Waals surface area contributed by atoms with Crippen molar-refractivity contribution in [1.82, 2.24) is 4.31 Å². The third-order valence-electron chi connectivity index (χ3n) is 4.23. The van der Waals surface area contributed by atoms with Crippen LogP contribution in [-0.4, -0.2) is 55.3 Å². The van der Waals surface area contributed by atoms with Gasteiger partial charge < -0.3 is 14.7 Å². The molecule has 2 aliphatic heterocycles. The second-order valence-electron chi connectivity index (χ2n) is 5.49. The summed E-state index contributed by atoms with van der Waals surface area (Å²) in [5.74, 6) is 0.661. The minimum Gasteiger partial charge on any atom is -0.497 e. The number of ether oxygens (including phenoxy) is 2. The Kier molecular flexibility index (Phi) is 3.84. The van der Waals surface area contributed by atoms with Crippen molar-refractivity contribution in [3.63, 3.8) is 0 Å². The smallest absolute Gasteiger partial charge is 0.215 e. The number of nitrogens with zero attached hydrogens (tertiary/aromatic N) is 2. The van der Waals surface area contributed by atoms with Crippen LogP contribution in [0.4, 0.5) is 0 Å². The molecule has 0 radical (unpaired) electrons. The summed E-state index contributed by atoms with van der Waals surface area (Å²) in [6.07, 6.45) is 0.237. The molecule has 0 atom stereocenters. The molecule has 0 aliphatic carbocycles. The van der Waals surface area contributed by atoms with E-state index in [1.165, 1.54) is 4.31 Å². The van der Waals surface area contributed by atoms with Crippen molar-refractivity contribution in [3.05, 3.63) is 29.8 Å². The largest absolute Gasteiger partial charge is 0.497 e. The lowest BCUT2D eigenvalue weighted by atomic mass is 9.88. The Labute approximate surface area is 129 Å². The average molecular weight is 326 g/mol. The highest BCUT2D eigenvalue weighted by Crippen LogP contribution is 2.36. The molecule has 1 N–H and O–H groups in total. The van der Waals surface area contributed by atoms with Gasteiger partial charge >= 0.3 is 0 Å². The Bertz CT molecular complexity index is 680. The van der Waals surface area contributed by atoms with E-state index in [1.807, 2.05) is 12.1 Å². The molecule has 120 valence electrons. The average Bonchev–Trinajstić information content (AvgIpc) is 2.48. The lowest BCUT2D eigenvalue weighted by Crippen LogP contribution is -2.70. The van der Waals surface area contributed by atoms with Crippen molar-refractivity contribution in [2.75, 3.05) is 26.1 Å². The van der Waals surface area contributed by atoms with Crippen molar-refractivity contribution >= 4 is 15.7 Å². The standard InChI is InChI=1S/C14H18N2O5S/c1-20-12-4-2-11(3-5-12)8-16-14(9-21-10-14)13(15-17)6-7-22(16,18)19/h2-5,17H,6-10H2,1H3/b15-13+. The maximum Gasteiger partial charge on any atom is 0.215 e. The highest BCUT2D eigenvalue weighted by Gasteiger charge is 2.56. The van der Waals surface area contributed by atoms with E-state index in [2.05, 4.69) is 5.16 Å². The van der Waals surface area contributed by atoms with Crippen LogP contribution in [0.25, 0.3) is 0 Å². The number of oxime groups is 1. The molecule has 0 saturated carbocycles. The molecule has 0 amide bonds. The Balaban J connectivity index is 1.93. The zero-order valence-electron chi connectivity index (χ0n) is 12.2. The normalized spacial score (nSPS) is 25.0. The predicted molar refractivity (Wildman–Crippen MR) is 79.7 cm³/mol. The van der Waals surface area contributed by atoms with Crippen molar-refractivity contribution in [1.29, 1.82) is 0 Å². The third-order valence-corrected chi connectivity index (χ3v) is 6.10. The van der Waals surface area contributed by atoms with Crippen LogP contribution in [0.3, 0.4) is 0 Å². The van der Waals surface area contributed by atoms with E-state index >= 15 is 0 Å². The van der Waals surface area contributed by atoms with Gasteiger partial charge in [0.05, 0.1) is 31.8 Å². The Morgan fingerprint density at radius 3 is 2.55 bits per heavy atom. The second-order valence-corrected chi connectivity index (χ2v) is 7.50. The molecule has 22 heavy (non-hydrogen) atoms. The highest BCUT2D eigenvalue weighted by molar-refractivity contribution is 7.89. The van der Waals surface area contributed by atoms with Crippen LogP contribution >= 0.6 is 0 Å². The Hall–Kier alpha value is -1.64. The quantitative estimate of drug-likeness (QED) is 0.656. The summed E-state index contributed by atoms with van der Waals surface area (Å²) in [5.41, 5.74) is 0.475. The third kappa shape index (κ3) is 2.37. The zero-order valence-corrected chi connectivity index (χ0v) is 13.0. The van der Waals surface area contributed by atoms with Crippen LogP contribution < -0.4 is 4.74 Å². The second kappa shape index (κ2) is 5.53. The molecular formula is C14H18N2O5S. The van der Waals surface area contributed by atoms with Gasteiger partial charge in [0.2, 0.25) is 10.0 Å². The van der Waals surface area contributed by atoms with Crippen molar-refractivity contribution < 1.29 is 23.1 Å². The van der Waals surface area contributed by atoms with Gasteiger partial charge in [-0.15, -0.1) is 0 Å². The van der Waals surface area contributed by atoms with Crippen LogP contribution in [0.2, 0.25) is 0 Å². The van der Waals surface area contributed by atoms with E-state index in [0.717, 1.165) is 5.56 Å². The van der Waals surface area contributed by atoms with Gasteiger partial charge in [-0.2, -0.15) is 4.31 Å². The van der Waals surface area contributed by atoms with Crippen LogP contribution in [0, 0.1) is 0 Å². The lowest BCUT2D eigenvalue weighted by Gasteiger charge is -2.51. The van der Waals surface area contributed by atoms with Gasteiger partial charge in [0.25, 0.3) is 0 Å². The first-order valence-corrected chi connectivity index (χ1v) is 8.55. The van der Waals surface area contributed by atoms with Gasteiger partial charge in [-0.25, -0.2) is 8.42 Å². The molecule has 3 rings (SSSR count). The summed E-state index contributed by atoms with van der Waals surface area (Å²) in [6.45, 7) is 0.665. The van der Waals surface area contributed by atoms with E-state index < -0.39 is 15.6 Å². The predicted octanol–water partition coefficient (Wildman–Crippen LogP) is 0.830. The monoisotopic (exact) mass is 326 g/mol. The number of hydrogen-bond acceptors (Lipinski definition) is 6. The number of methoxy groups -OCH3 is 1. The molecule has 0 bridgehead atoms. The molecular weight excluding hydrogens is 308 g/mol. The van der Waals surface area contributed by atoms with Crippen LogP contribution in [0.5, 0.6) is 5.75 Å². The summed E-state index contributed by atoms with van der Waals surface area (Å²) in [6, 6.07) is 7.23. The van der Waals surface area contributed by atoms with Crippen molar-refractivity contribution in [2.45, 2.75) is 18.5 Å². The van der Waals surface area contributed by atoms with Gasteiger partial charge in [0.15, 0.2) is 0 Å². The summed E-state index contributed by atoms with van der Waals surface area (Å²) >= 11 is 0. The molecule has 2 fully saturated rings. The Morgan fingerprint density at radius 1 is 1.36 bits per heavy atom. The van der Waals surface area contributed by atoms with Gasteiger partial charge in [-0.3, -0.25) is 0 Å². The fourth-order valence-corrected chi connectivity index (χ4v) is 4.63. The zero-order chi connectivity index (χ0) is 15.8. The number of rotatable bonds is 3. The van der Waals surface area contributed by atoms with Gasteiger partial charge in [0.1, 0.15) is 11.3 Å².